The molecule has 1 amide bonds. The van der Waals surface area contributed by atoms with Crippen molar-refractivity contribution < 1.29 is 19.1 Å². The second-order valence-corrected chi connectivity index (χ2v) is 8.07. The van der Waals surface area contributed by atoms with Gasteiger partial charge in [-0.25, -0.2) is 14.6 Å². The van der Waals surface area contributed by atoms with E-state index in [0.29, 0.717) is 5.56 Å². The first-order chi connectivity index (χ1) is 14.1. The molecule has 8 heteroatoms. The van der Waals surface area contributed by atoms with Gasteiger partial charge in [-0.05, 0) is 25.0 Å². The van der Waals surface area contributed by atoms with Gasteiger partial charge >= 0.3 is 12.1 Å². The first kappa shape index (κ1) is 19.9. The van der Waals surface area contributed by atoms with Crippen LogP contribution in [0.1, 0.15) is 42.5 Å². The first-order valence-electron chi connectivity index (χ1n) is 10.6. The molecule has 2 saturated heterocycles. The molecular weight excluding hydrogens is 372 g/mol. The maximum atomic E-state index is 12.5. The zero-order valence-corrected chi connectivity index (χ0v) is 17.1. The van der Waals surface area contributed by atoms with Crippen LogP contribution in [0.2, 0.25) is 0 Å². The highest BCUT2D eigenvalue weighted by atomic mass is 16.6. The Morgan fingerprint density at radius 2 is 1.72 bits per heavy atom. The van der Waals surface area contributed by atoms with Gasteiger partial charge in [0.05, 0.1) is 12.7 Å². The van der Waals surface area contributed by atoms with E-state index in [1.807, 2.05) is 11.0 Å². The first-order valence-corrected chi connectivity index (χ1v) is 10.6. The van der Waals surface area contributed by atoms with Crippen LogP contribution in [0.15, 0.2) is 18.3 Å². The minimum Gasteiger partial charge on any atom is -0.465 e. The number of piperidine rings is 1. The molecule has 29 heavy (non-hydrogen) atoms. The molecule has 0 N–H and O–H groups in total. The second-order valence-electron chi connectivity index (χ2n) is 8.07. The number of aromatic nitrogens is 1. The van der Waals surface area contributed by atoms with Gasteiger partial charge in [0.2, 0.25) is 0 Å². The molecule has 3 heterocycles. The summed E-state index contributed by atoms with van der Waals surface area (Å²) in [5, 5.41) is 0. The van der Waals surface area contributed by atoms with Crippen LogP contribution >= 0.6 is 0 Å². The van der Waals surface area contributed by atoms with E-state index in [4.69, 9.17) is 9.47 Å². The Balaban J connectivity index is 1.20. The molecule has 1 aromatic rings. The lowest BCUT2D eigenvalue weighted by Crippen LogP contribution is -2.54. The molecule has 3 aliphatic rings. The molecule has 0 aromatic carbocycles. The van der Waals surface area contributed by atoms with Gasteiger partial charge in [-0.3, -0.25) is 4.90 Å². The maximum Gasteiger partial charge on any atom is 0.410 e. The lowest BCUT2D eigenvalue weighted by atomic mass is 9.91. The quantitative estimate of drug-likeness (QED) is 0.714. The van der Waals surface area contributed by atoms with Crippen molar-refractivity contribution in [2.45, 2.75) is 44.2 Å². The fourth-order valence-corrected chi connectivity index (χ4v) is 4.25. The average Bonchev–Trinajstić information content (AvgIpc) is 2.73. The Hall–Kier alpha value is -2.35. The topological polar surface area (TPSA) is 75.2 Å². The van der Waals surface area contributed by atoms with Crippen LogP contribution in [-0.4, -0.2) is 85.4 Å². The van der Waals surface area contributed by atoms with Gasteiger partial charge < -0.3 is 19.3 Å². The number of esters is 1. The molecule has 4 rings (SSSR count). The fraction of sp³-hybridized carbons (Fsp3) is 0.667. The van der Waals surface area contributed by atoms with Gasteiger partial charge in [-0.2, -0.15) is 0 Å². The molecule has 0 spiro atoms. The molecule has 2 aliphatic heterocycles. The fourth-order valence-electron chi connectivity index (χ4n) is 4.25. The number of carbonyl (C=O) groups excluding carboxylic acids is 2. The summed E-state index contributed by atoms with van der Waals surface area (Å²) in [6.45, 7) is 5.02. The number of piperazine rings is 1. The number of methoxy groups -OCH3 is 1. The highest BCUT2D eigenvalue weighted by Crippen LogP contribution is 2.26. The van der Waals surface area contributed by atoms with Gasteiger partial charge in [0.1, 0.15) is 11.9 Å². The van der Waals surface area contributed by atoms with E-state index in [2.05, 4.69) is 14.8 Å². The van der Waals surface area contributed by atoms with Crippen LogP contribution in [0.4, 0.5) is 10.6 Å². The Morgan fingerprint density at radius 1 is 1.00 bits per heavy atom. The van der Waals surface area contributed by atoms with Crippen LogP contribution in [0.3, 0.4) is 0 Å². The second kappa shape index (κ2) is 8.98. The van der Waals surface area contributed by atoms with E-state index in [9.17, 15) is 9.59 Å². The molecule has 1 aromatic heterocycles. The zero-order chi connectivity index (χ0) is 20.2. The Bertz CT molecular complexity index is 706. The van der Waals surface area contributed by atoms with Crippen LogP contribution < -0.4 is 4.90 Å². The van der Waals surface area contributed by atoms with Gasteiger partial charge in [-0.15, -0.1) is 0 Å². The van der Waals surface area contributed by atoms with Gasteiger partial charge in [0.15, 0.2) is 0 Å². The summed E-state index contributed by atoms with van der Waals surface area (Å²) in [5.74, 6) is 0.442. The lowest BCUT2D eigenvalue weighted by molar-refractivity contribution is 0.0230. The van der Waals surface area contributed by atoms with Gasteiger partial charge in [0.25, 0.3) is 0 Å². The van der Waals surface area contributed by atoms with Crippen LogP contribution in [0, 0.1) is 0 Å². The SMILES string of the molecule is COC(=O)c1ccc(N2CCC(OC(=O)N3CCN(C4CCC4)CC3)CC2)nc1. The van der Waals surface area contributed by atoms with Gasteiger partial charge in [0, 0.05) is 64.3 Å². The Kier molecular flexibility index (Phi) is 6.18. The number of anilines is 1. The van der Waals surface area contributed by atoms with E-state index in [-0.39, 0.29) is 18.2 Å². The summed E-state index contributed by atoms with van der Waals surface area (Å²) in [6.07, 6.45) is 6.86. The summed E-state index contributed by atoms with van der Waals surface area (Å²) in [5.41, 5.74) is 0.442. The van der Waals surface area contributed by atoms with Crippen molar-refractivity contribution in [3.63, 3.8) is 0 Å². The summed E-state index contributed by atoms with van der Waals surface area (Å²) < 4.78 is 10.5. The van der Waals surface area contributed by atoms with Crippen molar-refractivity contribution in [3.05, 3.63) is 23.9 Å². The van der Waals surface area contributed by atoms with E-state index in [1.165, 1.54) is 32.6 Å². The van der Waals surface area contributed by atoms with Crippen molar-refractivity contribution in [2.24, 2.45) is 0 Å². The molecule has 8 nitrogen and oxygen atoms in total. The predicted molar refractivity (Wildman–Crippen MR) is 108 cm³/mol. The van der Waals surface area contributed by atoms with Crippen LogP contribution in [0.25, 0.3) is 0 Å². The van der Waals surface area contributed by atoms with Crippen LogP contribution in [-0.2, 0) is 9.47 Å². The van der Waals surface area contributed by atoms with Gasteiger partial charge in [-0.1, -0.05) is 6.42 Å². The standard InChI is InChI=1S/C21H30N4O4/c1-28-20(26)16-5-6-19(22-15-16)24-9-7-18(8-10-24)29-21(27)25-13-11-23(12-14-25)17-3-2-4-17/h5-6,15,17-18H,2-4,7-14H2,1H3. The molecule has 0 radical (unpaired) electrons. The number of amides is 1. The number of hydrogen-bond donors (Lipinski definition) is 0. The van der Waals surface area contributed by atoms with Crippen LogP contribution in [0.5, 0.6) is 0 Å². The normalized spacial score (nSPS) is 21.6. The minimum atomic E-state index is -0.386. The summed E-state index contributed by atoms with van der Waals surface area (Å²) >= 11 is 0. The van der Waals surface area contributed by atoms with Crippen molar-refractivity contribution in [3.8, 4) is 0 Å². The van der Waals surface area contributed by atoms with E-state index in [1.54, 1.807) is 6.07 Å². The van der Waals surface area contributed by atoms with Crippen molar-refractivity contribution >= 4 is 17.9 Å². The lowest BCUT2D eigenvalue weighted by Gasteiger charge is -2.43. The molecule has 1 aliphatic carbocycles. The smallest absolute Gasteiger partial charge is 0.410 e. The van der Waals surface area contributed by atoms with E-state index >= 15 is 0 Å². The third-order valence-corrected chi connectivity index (χ3v) is 6.37. The Labute approximate surface area is 171 Å². The number of rotatable bonds is 4. The van der Waals surface area contributed by atoms with E-state index < -0.39 is 0 Å². The number of ether oxygens (including phenoxy) is 2. The zero-order valence-electron chi connectivity index (χ0n) is 17.1. The molecule has 0 bridgehead atoms. The number of nitrogens with zero attached hydrogens (tertiary/aromatic N) is 4. The molecular formula is C21H30N4O4. The average molecular weight is 402 g/mol. The summed E-state index contributed by atoms with van der Waals surface area (Å²) in [4.78, 5) is 34.9. The third-order valence-electron chi connectivity index (χ3n) is 6.37. The Morgan fingerprint density at radius 3 is 2.28 bits per heavy atom. The molecule has 3 fully saturated rings. The van der Waals surface area contributed by atoms with Crippen molar-refractivity contribution in [1.82, 2.24) is 14.8 Å². The number of hydrogen-bond acceptors (Lipinski definition) is 7. The summed E-state index contributed by atoms with van der Waals surface area (Å²) in [7, 11) is 1.36. The molecule has 0 atom stereocenters. The molecule has 158 valence electrons. The largest absolute Gasteiger partial charge is 0.465 e. The third kappa shape index (κ3) is 4.63. The molecule has 1 saturated carbocycles. The van der Waals surface area contributed by atoms with Crippen molar-refractivity contribution in [2.75, 3.05) is 51.3 Å². The number of pyridine rings is 1. The monoisotopic (exact) mass is 402 g/mol. The maximum absolute atomic E-state index is 12.5. The summed E-state index contributed by atoms with van der Waals surface area (Å²) in [6, 6.07) is 4.30. The minimum absolute atomic E-state index is 0.0437. The van der Waals surface area contributed by atoms with Crippen molar-refractivity contribution in [1.29, 1.82) is 0 Å². The molecule has 0 unspecified atom stereocenters. The number of carbonyl (C=O) groups is 2. The highest BCUT2D eigenvalue weighted by Gasteiger charge is 2.31. The van der Waals surface area contributed by atoms with E-state index in [0.717, 1.165) is 64.0 Å². The highest BCUT2D eigenvalue weighted by molar-refractivity contribution is 5.89. The predicted octanol–water partition coefficient (Wildman–Crippen LogP) is 2.14.